The fourth-order valence-electron chi connectivity index (χ4n) is 4.36. The molecule has 1 aromatic heterocycles. The summed E-state index contributed by atoms with van der Waals surface area (Å²) in [7, 11) is 0. The van der Waals surface area contributed by atoms with Crippen LogP contribution in [0.4, 0.5) is 5.82 Å². The van der Waals surface area contributed by atoms with Gasteiger partial charge in [-0.2, -0.15) is 10.4 Å². The Morgan fingerprint density at radius 3 is 2.63 bits per heavy atom. The molecule has 1 heterocycles. The zero-order valence-corrected chi connectivity index (χ0v) is 17.9. The summed E-state index contributed by atoms with van der Waals surface area (Å²) in [5, 5.41) is 17.1. The van der Waals surface area contributed by atoms with Gasteiger partial charge in [0.1, 0.15) is 17.5 Å². The molecule has 1 fully saturated rings. The van der Waals surface area contributed by atoms with Gasteiger partial charge < -0.3 is 11.1 Å². The number of nitrogens with two attached hydrogens (primary N) is 1. The van der Waals surface area contributed by atoms with E-state index in [2.05, 4.69) is 23.4 Å². The van der Waals surface area contributed by atoms with Crippen LogP contribution in [-0.2, 0) is 11.2 Å². The number of nitrogens with zero attached hydrogens (tertiary/aromatic N) is 3. The van der Waals surface area contributed by atoms with Crippen LogP contribution in [0.25, 0.3) is 5.69 Å². The van der Waals surface area contributed by atoms with Crippen LogP contribution in [0, 0.1) is 23.2 Å². The van der Waals surface area contributed by atoms with Gasteiger partial charge in [0, 0.05) is 12.5 Å². The molecule has 0 saturated heterocycles. The second-order valence-electron chi connectivity index (χ2n) is 8.32. The van der Waals surface area contributed by atoms with Gasteiger partial charge in [-0.15, -0.1) is 0 Å². The lowest BCUT2D eigenvalue weighted by Crippen LogP contribution is -2.34. The molecule has 0 radical (unpaired) electrons. The molecule has 0 spiro atoms. The summed E-state index contributed by atoms with van der Waals surface area (Å²) in [4.78, 5) is 12.5. The molecule has 1 aliphatic rings. The Hall–Kier alpha value is -2.81. The zero-order chi connectivity index (χ0) is 21.3. The van der Waals surface area contributed by atoms with Gasteiger partial charge in [-0.3, -0.25) is 4.79 Å². The number of para-hydroxylation sites is 1. The van der Waals surface area contributed by atoms with Crippen LogP contribution in [-0.4, -0.2) is 22.2 Å². The number of unbranched alkanes of at least 4 members (excludes halogenated alkanes) is 1. The number of carbonyl (C=O) groups excluding carboxylic acids is 1. The quantitative estimate of drug-likeness (QED) is 0.603. The molecule has 1 aromatic carbocycles. The number of nitrogen functional groups attached to an aromatic ring is 1. The highest BCUT2D eigenvalue weighted by Gasteiger charge is 2.25. The molecule has 1 aliphatic carbocycles. The Kier molecular flexibility index (Phi) is 7.89. The van der Waals surface area contributed by atoms with E-state index >= 15 is 0 Å². The Morgan fingerprint density at radius 1 is 1.23 bits per heavy atom. The number of hydrogen-bond acceptors (Lipinski definition) is 4. The summed E-state index contributed by atoms with van der Waals surface area (Å²) in [6.07, 6.45) is 9.59. The van der Waals surface area contributed by atoms with E-state index in [1.165, 1.54) is 32.1 Å². The fourth-order valence-corrected chi connectivity index (χ4v) is 4.36. The minimum atomic E-state index is 0.158. The molecule has 0 unspecified atom stereocenters. The summed E-state index contributed by atoms with van der Waals surface area (Å²) in [6, 6.07) is 11.7. The standard InChI is InChI=1S/C24H33N5O/c1-2-3-8-18-12-14-19(15-13-18)24(30)27-16-7-11-22-21(17-25)23(26)29(28-22)20-9-5-4-6-10-20/h4-6,9-10,18-19H,2-3,7-8,11-16,26H2,1H3,(H,27,30). The molecule has 2 aromatic rings. The molecule has 3 N–H and O–H groups in total. The molecule has 160 valence electrons. The zero-order valence-electron chi connectivity index (χ0n) is 17.9. The van der Waals surface area contributed by atoms with Crippen LogP contribution in [0.3, 0.4) is 0 Å². The van der Waals surface area contributed by atoms with E-state index in [0.717, 1.165) is 30.9 Å². The third-order valence-corrected chi connectivity index (χ3v) is 6.18. The van der Waals surface area contributed by atoms with Crippen molar-refractivity contribution in [2.75, 3.05) is 12.3 Å². The Balaban J connectivity index is 1.47. The lowest BCUT2D eigenvalue weighted by molar-refractivity contribution is -0.126. The van der Waals surface area contributed by atoms with Crippen molar-refractivity contribution in [2.24, 2.45) is 11.8 Å². The highest BCUT2D eigenvalue weighted by atomic mass is 16.1. The summed E-state index contributed by atoms with van der Waals surface area (Å²) in [5.41, 5.74) is 8.09. The van der Waals surface area contributed by atoms with Crippen LogP contribution >= 0.6 is 0 Å². The Labute approximate surface area is 179 Å². The number of rotatable bonds is 9. The predicted octanol–water partition coefficient (Wildman–Crippen LogP) is 4.37. The average molecular weight is 408 g/mol. The Morgan fingerprint density at radius 2 is 1.97 bits per heavy atom. The number of nitriles is 1. The van der Waals surface area contributed by atoms with Crippen LogP contribution in [0.2, 0.25) is 0 Å². The molecule has 0 aliphatic heterocycles. The smallest absolute Gasteiger partial charge is 0.223 e. The first-order chi connectivity index (χ1) is 14.6. The number of amides is 1. The summed E-state index contributed by atoms with van der Waals surface area (Å²) in [6.45, 7) is 2.83. The molecule has 6 nitrogen and oxygen atoms in total. The van der Waals surface area contributed by atoms with Crippen molar-refractivity contribution in [3.8, 4) is 11.8 Å². The first-order valence-corrected chi connectivity index (χ1v) is 11.2. The lowest BCUT2D eigenvalue weighted by atomic mass is 9.79. The largest absolute Gasteiger partial charge is 0.382 e. The SMILES string of the molecule is CCCCC1CCC(C(=O)NCCCc2nn(-c3ccccc3)c(N)c2C#N)CC1. The number of hydrogen-bond donors (Lipinski definition) is 2. The van der Waals surface area contributed by atoms with Crippen molar-refractivity contribution in [1.29, 1.82) is 5.26 Å². The first-order valence-electron chi connectivity index (χ1n) is 11.2. The van der Waals surface area contributed by atoms with E-state index in [0.29, 0.717) is 30.0 Å². The van der Waals surface area contributed by atoms with Crippen molar-refractivity contribution in [3.05, 3.63) is 41.6 Å². The normalized spacial score (nSPS) is 18.7. The minimum absolute atomic E-state index is 0.158. The highest BCUT2D eigenvalue weighted by Crippen LogP contribution is 2.32. The molecular formula is C24H33N5O. The van der Waals surface area contributed by atoms with E-state index in [1.54, 1.807) is 4.68 Å². The molecule has 6 heteroatoms. The first kappa shape index (κ1) is 21.9. The molecule has 1 amide bonds. The number of anilines is 1. The van der Waals surface area contributed by atoms with E-state index in [-0.39, 0.29) is 11.8 Å². The number of benzene rings is 1. The van der Waals surface area contributed by atoms with Crippen molar-refractivity contribution in [3.63, 3.8) is 0 Å². The van der Waals surface area contributed by atoms with Gasteiger partial charge >= 0.3 is 0 Å². The van der Waals surface area contributed by atoms with Crippen LogP contribution in [0.5, 0.6) is 0 Å². The minimum Gasteiger partial charge on any atom is -0.382 e. The maximum Gasteiger partial charge on any atom is 0.223 e. The van der Waals surface area contributed by atoms with Crippen molar-refractivity contribution in [1.82, 2.24) is 15.1 Å². The second-order valence-corrected chi connectivity index (χ2v) is 8.32. The highest BCUT2D eigenvalue weighted by molar-refractivity contribution is 5.78. The topological polar surface area (TPSA) is 96.7 Å². The maximum atomic E-state index is 12.5. The van der Waals surface area contributed by atoms with Crippen LogP contribution in [0.1, 0.15) is 69.5 Å². The van der Waals surface area contributed by atoms with E-state index in [1.807, 2.05) is 30.3 Å². The molecular weight excluding hydrogens is 374 g/mol. The van der Waals surface area contributed by atoms with Gasteiger partial charge in [0.25, 0.3) is 0 Å². The van der Waals surface area contributed by atoms with Crippen molar-refractivity contribution < 1.29 is 4.79 Å². The van der Waals surface area contributed by atoms with E-state index in [9.17, 15) is 10.1 Å². The third-order valence-electron chi connectivity index (χ3n) is 6.18. The second kappa shape index (κ2) is 10.8. The van der Waals surface area contributed by atoms with Gasteiger partial charge in [-0.05, 0) is 56.6 Å². The number of nitrogens with one attached hydrogen (secondary N) is 1. The maximum absolute atomic E-state index is 12.5. The average Bonchev–Trinajstić information content (AvgIpc) is 3.11. The Bertz CT molecular complexity index is 860. The summed E-state index contributed by atoms with van der Waals surface area (Å²) in [5.74, 6) is 1.51. The monoisotopic (exact) mass is 407 g/mol. The van der Waals surface area contributed by atoms with Gasteiger partial charge in [-0.1, -0.05) is 44.4 Å². The molecule has 30 heavy (non-hydrogen) atoms. The fraction of sp³-hybridized carbons (Fsp3) is 0.542. The van der Waals surface area contributed by atoms with Crippen LogP contribution in [0.15, 0.2) is 30.3 Å². The number of aryl methyl sites for hydroxylation is 1. The summed E-state index contributed by atoms with van der Waals surface area (Å²) < 4.78 is 1.61. The van der Waals surface area contributed by atoms with Gasteiger partial charge in [0.05, 0.1) is 11.4 Å². The molecule has 3 rings (SSSR count). The predicted molar refractivity (Wildman–Crippen MR) is 119 cm³/mol. The third kappa shape index (κ3) is 5.41. The molecule has 1 saturated carbocycles. The number of aromatic nitrogens is 2. The van der Waals surface area contributed by atoms with Crippen molar-refractivity contribution in [2.45, 2.75) is 64.7 Å². The van der Waals surface area contributed by atoms with E-state index < -0.39 is 0 Å². The van der Waals surface area contributed by atoms with E-state index in [4.69, 9.17) is 5.73 Å². The lowest BCUT2D eigenvalue weighted by Gasteiger charge is -2.27. The summed E-state index contributed by atoms with van der Waals surface area (Å²) >= 11 is 0. The van der Waals surface area contributed by atoms with Gasteiger partial charge in [-0.25, -0.2) is 4.68 Å². The van der Waals surface area contributed by atoms with Crippen LogP contribution < -0.4 is 11.1 Å². The van der Waals surface area contributed by atoms with Crippen molar-refractivity contribution >= 4 is 11.7 Å². The van der Waals surface area contributed by atoms with Gasteiger partial charge in [0.15, 0.2) is 0 Å². The molecule has 0 bridgehead atoms. The van der Waals surface area contributed by atoms with Gasteiger partial charge in [0.2, 0.25) is 5.91 Å². The molecule has 0 atom stereocenters. The number of carbonyl (C=O) groups is 1.